The summed E-state index contributed by atoms with van der Waals surface area (Å²) in [4.78, 5) is 12.1. The minimum Gasteiger partial charge on any atom is -0.368 e. The van der Waals surface area contributed by atoms with E-state index < -0.39 is 0 Å². The van der Waals surface area contributed by atoms with Crippen molar-refractivity contribution in [1.29, 1.82) is 0 Å². The highest BCUT2D eigenvalue weighted by atomic mass is 16.5. The van der Waals surface area contributed by atoms with Crippen LogP contribution in [0, 0.1) is 0 Å². The van der Waals surface area contributed by atoms with Gasteiger partial charge in [0, 0.05) is 6.04 Å². The predicted molar refractivity (Wildman–Crippen MR) is 91.4 cm³/mol. The molecule has 1 saturated heterocycles. The maximum Gasteiger partial charge on any atom is 0.246 e. The maximum atomic E-state index is 12.1. The van der Waals surface area contributed by atoms with E-state index in [1.54, 1.807) is 0 Å². The van der Waals surface area contributed by atoms with Crippen molar-refractivity contribution < 1.29 is 9.53 Å². The number of ether oxygens (including phenoxy) is 1. The highest BCUT2D eigenvalue weighted by Gasteiger charge is 2.23. The number of benzene rings is 1. The SMILES string of the molecule is O=C(COC1CCNCC1)NC1CCC(c2ccccc2)CC1. The van der Waals surface area contributed by atoms with Gasteiger partial charge >= 0.3 is 0 Å². The molecule has 0 atom stereocenters. The zero-order chi connectivity index (χ0) is 15.9. The normalized spacial score (nSPS) is 25.9. The fourth-order valence-electron chi connectivity index (χ4n) is 3.72. The summed E-state index contributed by atoms with van der Waals surface area (Å²) in [6.45, 7) is 2.20. The van der Waals surface area contributed by atoms with E-state index in [9.17, 15) is 4.79 Å². The van der Waals surface area contributed by atoms with Gasteiger partial charge in [-0.1, -0.05) is 30.3 Å². The van der Waals surface area contributed by atoms with Gasteiger partial charge in [-0.05, 0) is 63.1 Å². The summed E-state index contributed by atoms with van der Waals surface area (Å²) in [5.74, 6) is 0.696. The summed E-state index contributed by atoms with van der Waals surface area (Å²) in [6, 6.07) is 11.0. The average Bonchev–Trinajstić information content (AvgIpc) is 2.62. The number of carbonyl (C=O) groups is 1. The highest BCUT2D eigenvalue weighted by molar-refractivity contribution is 5.77. The topological polar surface area (TPSA) is 50.4 Å². The molecule has 0 spiro atoms. The third-order valence-corrected chi connectivity index (χ3v) is 5.10. The van der Waals surface area contributed by atoms with E-state index in [0.29, 0.717) is 12.0 Å². The molecule has 4 nitrogen and oxygen atoms in total. The van der Waals surface area contributed by atoms with Crippen LogP contribution in [-0.2, 0) is 9.53 Å². The number of amides is 1. The smallest absolute Gasteiger partial charge is 0.246 e. The predicted octanol–water partition coefficient (Wildman–Crippen LogP) is 2.60. The Morgan fingerprint density at radius 1 is 1.04 bits per heavy atom. The van der Waals surface area contributed by atoms with Crippen molar-refractivity contribution >= 4 is 5.91 Å². The van der Waals surface area contributed by atoms with Crippen LogP contribution in [0.5, 0.6) is 0 Å². The third-order valence-electron chi connectivity index (χ3n) is 5.10. The third kappa shape index (κ3) is 5.05. The van der Waals surface area contributed by atoms with Crippen LogP contribution in [0.25, 0.3) is 0 Å². The van der Waals surface area contributed by atoms with Crippen molar-refractivity contribution in [3.63, 3.8) is 0 Å². The van der Waals surface area contributed by atoms with Crippen molar-refractivity contribution in [2.24, 2.45) is 0 Å². The molecule has 1 aromatic rings. The molecule has 2 fully saturated rings. The lowest BCUT2D eigenvalue weighted by Gasteiger charge is -2.29. The second-order valence-electron chi connectivity index (χ2n) is 6.79. The fourth-order valence-corrected chi connectivity index (χ4v) is 3.72. The van der Waals surface area contributed by atoms with Crippen molar-refractivity contribution in [1.82, 2.24) is 10.6 Å². The molecule has 0 bridgehead atoms. The summed E-state index contributed by atoms with van der Waals surface area (Å²) < 4.78 is 5.72. The zero-order valence-corrected chi connectivity index (χ0v) is 13.8. The number of hydrogen-bond acceptors (Lipinski definition) is 3. The van der Waals surface area contributed by atoms with Crippen LogP contribution < -0.4 is 10.6 Å². The molecule has 2 N–H and O–H groups in total. The van der Waals surface area contributed by atoms with Crippen LogP contribution in [0.4, 0.5) is 0 Å². The molecule has 23 heavy (non-hydrogen) atoms. The quantitative estimate of drug-likeness (QED) is 0.878. The number of hydrogen-bond donors (Lipinski definition) is 2. The van der Waals surface area contributed by atoms with Crippen molar-refractivity contribution in [3.05, 3.63) is 35.9 Å². The molecule has 126 valence electrons. The van der Waals surface area contributed by atoms with Gasteiger partial charge in [0.15, 0.2) is 0 Å². The lowest BCUT2D eigenvalue weighted by atomic mass is 9.82. The summed E-state index contributed by atoms with van der Waals surface area (Å²) in [5, 5.41) is 6.46. The standard InChI is InChI=1S/C19H28N2O2/c22-19(14-23-18-10-12-20-13-11-18)21-17-8-6-16(7-9-17)15-4-2-1-3-5-15/h1-5,16-18,20H,6-14H2,(H,21,22). The average molecular weight is 316 g/mol. The first-order valence-electron chi connectivity index (χ1n) is 8.98. The van der Waals surface area contributed by atoms with E-state index in [0.717, 1.165) is 51.6 Å². The molecule has 0 unspecified atom stereocenters. The number of nitrogens with one attached hydrogen (secondary N) is 2. The molecule has 1 heterocycles. The van der Waals surface area contributed by atoms with Gasteiger partial charge in [0.1, 0.15) is 6.61 Å². The Balaban J connectivity index is 1.36. The summed E-state index contributed by atoms with van der Waals surface area (Å²) in [6.07, 6.45) is 6.71. The van der Waals surface area contributed by atoms with Gasteiger partial charge in [0.05, 0.1) is 6.10 Å². The summed E-state index contributed by atoms with van der Waals surface area (Å²) in [5.41, 5.74) is 1.44. The maximum absolute atomic E-state index is 12.1. The number of rotatable bonds is 5. The van der Waals surface area contributed by atoms with E-state index in [1.165, 1.54) is 5.56 Å². The molecule has 0 aromatic heterocycles. The lowest BCUT2D eigenvalue weighted by molar-refractivity contribution is -0.129. The molecule has 2 aliphatic rings. The van der Waals surface area contributed by atoms with Crippen LogP contribution in [0.15, 0.2) is 30.3 Å². The van der Waals surface area contributed by atoms with E-state index in [4.69, 9.17) is 4.74 Å². The van der Waals surface area contributed by atoms with Gasteiger partial charge in [-0.2, -0.15) is 0 Å². The Hall–Kier alpha value is -1.39. The second-order valence-corrected chi connectivity index (χ2v) is 6.79. The van der Waals surface area contributed by atoms with E-state index in [2.05, 4.69) is 41.0 Å². The second kappa shape index (κ2) is 8.46. The van der Waals surface area contributed by atoms with Gasteiger partial charge in [-0.3, -0.25) is 4.79 Å². The largest absolute Gasteiger partial charge is 0.368 e. The monoisotopic (exact) mass is 316 g/mol. The molecular formula is C19H28N2O2. The number of piperidine rings is 1. The van der Waals surface area contributed by atoms with Gasteiger partial charge in [0.25, 0.3) is 0 Å². The molecule has 0 radical (unpaired) electrons. The molecule has 1 aromatic carbocycles. The van der Waals surface area contributed by atoms with E-state index in [-0.39, 0.29) is 18.6 Å². The Kier molecular flexibility index (Phi) is 6.06. The molecule has 3 rings (SSSR count). The van der Waals surface area contributed by atoms with Crippen molar-refractivity contribution in [2.45, 2.75) is 56.6 Å². The first-order valence-corrected chi connectivity index (χ1v) is 8.98. The number of carbonyl (C=O) groups excluding carboxylic acids is 1. The van der Waals surface area contributed by atoms with E-state index in [1.807, 2.05) is 0 Å². The van der Waals surface area contributed by atoms with Gasteiger partial charge in [-0.25, -0.2) is 0 Å². The lowest BCUT2D eigenvalue weighted by Crippen LogP contribution is -2.41. The van der Waals surface area contributed by atoms with Crippen LogP contribution in [0.1, 0.15) is 50.0 Å². The molecular weight excluding hydrogens is 288 g/mol. The van der Waals surface area contributed by atoms with Crippen LogP contribution >= 0.6 is 0 Å². The summed E-state index contributed by atoms with van der Waals surface area (Å²) in [7, 11) is 0. The van der Waals surface area contributed by atoms with Crippen molar-refractivity contribution in [2.75, 3.05) is 19.7 Å². The van der Waals surface area contributed by atoms with Crippen molar-refractivity contribution in [3.8, 4) is 0 Å². The minimum absolute atomic E-state index is 0.0479. The highest BCUT2D eigenvalue weighted by Crippen LogP contribution is 2.32. The minimum atomic E-state index is 0.0479. The molecule has 1 aliphatic carbocycles. The van der Waals surface area contributed by atoms with E-state index >= 15 is 0 Å². The van der Waals surface area contributed by atoms with Crippen LogP contribution in [0.3, 0.4) is 0 Å². The molecule has 1 amide bonds. The fraction of sp³-hybridized carbons (Fsp3) is 0.632. The molecule has 1 saturated carbocycles. The van der Waals surface area contributed by atoms with Gasteiger partial charge in [0.2, 0.25) is 5.91 Å². The molecule has 1 aliphatic heterocycles. The van der Waals surface area contributed by atoms with Gasteiger partial charge in [-0.15, -0.1) is 0 Å². The van der Waals surface area contributed by atoms with Crippen LogP contribution in [-0.4, -0.2) is 37.7 Å². The Morgan fingerprint density at radius 3 is 2.43 bits per heavy atom. The van der Waals surface area contributed by atoms with Gasteiger partial charge < -0.3 is 15.4 Å². The zero-order valence-electron chi connectivity index (χ0n) is 13.8. The van der Waals surface area contributed by atoms with Crippen LogP contribution in [0.2, 0.25) is 0 Å². The first kappa shape index (κ1) is 16.5. The molecule has 4 heteroatoms. The Morgan fingerprint density at radius 2 is 1.74 bits per heavy atom. The Labute approximate surface area is 139 Å². The first-order chi connectivity index (χ1) is 11.3. The summed E-state index contributed by atoms with van der Waals surface area (Å²) >= 11 is 0. The Bertz CT molecular complexity index is 477.